The van der Waals surface area contributed by atoms with Crippen LogP contribution in [-0.4, -0.2) is 22.0 Å². The highest BCUT2D eigenvalue weighted by molar-refractivity contribution is 9.08. The van der Waals surface area contributed by atoms with E-state index in [0.29, 0.717) is 19.0 Å². The number of hydrogen-bond donors (Lipinski definition) is 0. The Balaban J connectivity index is 2.49. The molecule has 2 rings (SSSR count). The molecule has 0 aromatic carbocycles. The predicted octanol–water partition coefficient (Wildman–Crippen LogP) is 3.36. The molecular formula is C14H17BrN4. The zero-order chi connectivity index (χ0) is 13.8. The van der Waals surface area contributed by atoms with E-state index < -0.39 is 0 Å². The van der Waals surface area contributed by atoms with Gasteiger partial charge in [0.1, 0.15) is 5.65 Å². The van der Waals surface area contributed by atoms with E-state index in [1.54, 1.807) is 0 Å². The van der Waals surface area contributed by atoms with Crippen molar-refractivity contribution in [3.63, 3.8) is 0 Å². The molecule has 0 saturated heterocycles. The SMILES string of the molecule is CC(C)N(CCC#N)c1nc2ccccn2c1CBr. The summed E-state index contributed by atoms with van der Waals surface area (Å²) in [7, 11) is 0. The number of hydrogen-bond acceptors (Lipinski definition) is 3. The standard InChI is InChI=1S/C14H17BrN4/c1-11(2)18(9-5-7-16)14-12(10-15)19-8-4-3-6-13(19)17-14/h3-4,6,8,11H,5,9-10H2,1-2H3. The van der Waals surface area contributed by atoms with Crippen molar-refractivity contribution in [3.8, 4) is 6.07 Å². The van der Waals surface area contributed by atoms with E-state index in [4.69, 9.17) is 10.2 Å². The molecule has 0 aliphatic heterocycles. The normalized spacial score (nSPS) is 10.9. The molecule has 2 heterocycles. The van der Waals surface area contributed by atoms with Gasteiger partial charge in [-0.1, -0.05) is 22.0 Å². The fourth-order valence-electron chi connectivity index (χ4n) is 2.17. The molecule has 19 heavy (non-hydrogen) atoms. The number of pyridine rings is 1. The molecule has 4 nitrogen and oxygen atoms in total. The van der Waals surface area contributed by atoms with Crippen LogP contribution in [0.15, 0.2) is 24.4 Å². The molecule has 0 atom stereocenters. The second kappa shape index (κ2) is 6.07. The maximum absolute atomic E-state index is 8.80. The van der Waals surface area contributed by atoms with Crippen LogP contribution >= 0.6 is 15.9 Å². The fourth-order valence-corrected chi connectivity index (χ4v) is 2.69. The number of anilines is 1. The quantitative estimate of drug-likeness (QED) is 0.793. The van der Waals surface area contributed by atoms with Gasteiger partial charge in [-0.15, -0.1) is 0 Å². The lowest BCUT2D eigenvalue weighted by Crippen LogP contribution is -2.32. The van der Waals surface area contributed by atoms with Crippen LogP contribution in [0.5, 0.6) is 0 Å². The molecule has 2 aromatic heterocycles. The van der Waals surface area contributed by atoms with Gasteiger partial charge in [0.05, 0.1) is 18.2 Å². The maximum atomic E-state index is 8.80. The van der Waals surface area contributed by atoms with Gasteiger partial charge in [-0.2, -0.15) is 5.26 Å². The lowest BCUT2D eigenvalue weighted by atomic mass is 10.2. The third kappa shape index (κ3) is 2.74. The summed E-state index contributed by atoms with van der Waals surface area (Å²) in [6.07, 6.45) is 2.53. The predicted molar refractivity (Wildman–Crippen MR) is 80.5 cm³/mol. The molecule has 0 N–H and O–H groups in total. The van der Waals surface area contributed by atoms with Crippen molar-refractivity contribution in [2.24, 2.45) is 0 Å². The summed E-state index contributed by atoms with van der Waals surface area (Å²) in [5.41, 5.74) is 2.07. The van der Waals surface area contributed by atoms with Crippen LogP contribution in [0.1, 0.15) is 26.0 Å². The summed E-state index contributed by atoms with van der Waals surface area (Å²) >= 11 is 3.54. The smallest absolute Gasteiger partial charge is 0.152 e. The number of nitrogens with zero attached hydrogens (tertiary/aromatic N) is 4. The van der Waals surface area contributed by atoms with Crippen molar-refractivity contribution >= 4 is 27.4 Å². The summed E-state index contributed by atoms with van der Waals surface area (Å²) < 4.78 is 2.09. The van der Waals surface area contributed by atoms with Crippen molar-refractivity contribution in [1.82, 2.24) is 9.38 Å². The Morgan fingerprint density at radius 3 is 2.89 bits per heavy atom. The Kier molecular flexibility index (Phi) is 4.43. The minimum absolute atomic E-state index is 0.316. The van der Waals surface area contributed by atoms with E-state index in [0.717, 1.165) is 22.5 Å². The van der Waals surface area contributed by atoms with Crippen LogP contribution < -0.4 is 4.90 Å². The second-order valence-electron chi connectivity index (χ2n) is 4.64. The Labute approximate surface area is 121 Å². The van der Waals surface area contributed by atoms with Crippen molar-refractivity contribution < 1.29 is 0 Å². The highest BCUT2D eigenvalue weighted by atomic mass is 79.9. The molecule has 0 unspecified atom stereocenters. The molecular weight excluding hydrogens is 304 g/mol. The number of fused-ring (bicyclic) bond motifs is 1. The number of halogens is 1. The van der Waals surface area contributed by atoms with Crippen LogP contribution in [-0.2, 0) is 5.33 Å². The third-order valence-electron chi connectivity index (χ3n) is 3.09. The third-order valence-corrected chi connectivity index (χ3v) is 3.63. The van der Waals surface area contributed by atoms with Gasteiger partial charge in [0, 0.05) is 24.1 Å². The maximum Gasteiger partial charge on any atom is 0.152 e. The van der Waals surface area contributed by atoms with Crippen molar-refractivity contribution in [2.45, 2.75) is 31.6 Å². The van der Waals surface area contributed by atoms with Crippen molar-refractivity contribution in [3.05, 3.63) is 30.1 Å². The average molecular weight is 321 g/mol. The van der Waals surface area contributed by atoms with Gasteiger partial charge >= 0.3 is 0 Å². The lowest BCUT2D eigenvalue weighted by molar-refractivity contribution is 0.676. The van der Waals surface area contributed by atoms with Gasteiger partial charge in [-0.25, -0.2) is 4.98 Å². The van der Waals surface area contributed by atoms with Gasteiger partial charge in [-0.05, 0) is 26.0 Å². The number of aromatic nitrogens is 2. The lowest BCUT2D eigenvalue weighted by Gasteiger charge is -2.26. The van der Waals surface area contributed by atoms with Gasteiger partial charge in [0.2, 0.25) is 0 Å². The minimum atomic E-state index is 0.316. The largest absolute Gasteiger partial charge is 0.352 e. The fraction of sp³-hybridized carbons (Fsp3) is 0.429. The summed E-state index contributed by atoms with van der Waals surface area (Å²) in [5, 5.41) is 9.54. The molecule has 0 spiro atoms. The first-order valence-electron chi connectivity index (χ1n) is 6.34. The molecule has 2 aromatic rings. The zero-order valence-electron chi connectivity index (χ0n) is 11.2. The van der Waals surface area contributed by atoms with E-state index in [9.17, 15) is 0 Å². The summed E-state index contributed by atoms with van der Waals surface area (Å²) in [5.74, 6) is 0.966. The first-order chi connectivity index (χ1) is 9.19. The molecule has 0 saturated carbocycles. The van der Waals surface area contributed by atoms with Crippen LogP contribution in [0.4, 0.5) is 5.82 Å². The van der Waals surface area contributed by atoms with Crippen LogP contribution in [0.25, 0.3) is 5.65 Å². The molecule has 0 aliphatic carbocycles. The molecule has 5 heteroatoms. The molecule has 0 bridgehead atoms. The topological polar surface area (TPSA) is 44.3 Å². The number of rotatable bonds is 5. The zero-order valence-corrected chi connectivity index (χ0v) is 12.8. The Morgan fingerprint density at radius 2 is 2.26 bits per heavy atom. The number of alkyl halides is 1. The molecule has 0 aliphatic rings. The van der Waals surface area contributed by atoms with Crippen LogP contribution in [0.2, 0.25) is 0 Å². The average Bonchev–Trinajstić information content (AvgIpc) is 2.77. The highest BCUT2D eigenvalue weighted by Gasteiger charge is 2.19. The Bertz CT molecular complexity index is 597. The van der Waals surface area contributed by atoms with Gasteiger partial charge in [0.15, 0.2) is 5.82 Å². The van der Waals surface area contributed by atoms with Crippen molar-refractivity contribution in [1.29, 1.82) is 5.26 Å². The molecule has 100 valence electrons. The number of imidazole rings is 1. The van der Waals surface area contributed by atoms with E-state index in [1.807, 2.05) is 24.4 Å². The van der Waals surface area contributed by atoms with Crippen LogP contribution in [0, 0.1) is 11.3 Å². The minimum Gasteiger partial charge on any atom is -0.352 e. The van der Waals surface area contributed by atoms with Crippen molar-refractivity contribution in [2.75, 3.05) is 11.4 Å². The summed E-state index contributed by atoms with van der Waals surface area (Å²) in [6.45, 7) is 4.96. The van der Waals surface area contributed by atoms with E-state index in [2.05, 4.69) is 45.1 Å². The van der Waals surface area contributed by atoms with Gasteiger partial charge < -0.3 is 9.30 Å². The van der Waals surface area contributed by atoms with E-state index in [-0.39, 0.29) is 0 Å². The van der Waals surface area contributed by atoms with E-state index in [1.165, 1.54) is 0 Å². The van der Waals surface area contributed by atoms with Gasteiger partial charge in [0.25, 0.3) is 0 Å². The first kappa shape index (κ1) is 13.9. The van der Waals surface area contributed by atoms with E-state index >= 15 is 0 Å². The highest BCUT2D eigenvalue weighted by Crippen LogP contribution is 2.25. The molecule has 0 fully saturated rings. The Morgan fingerprint density at radius 1 is 1.47 bits per heavy atom. The van der Waals surface area contributed by atoms with Crippen LogP contribution in [0.3, 0.4) is 0 Å². The second-order valence-corrected chi connectivity index (χ2v) is 5.20. The summed E-state index contributed by atoms with van der Waals surface area (Å²) in [6, 6.07) is 8.51. The molecule has 0 amide bonds. The first-order valence-corrected chi connectivity index (χ1v) is 7.46. The molecule has 0 radical (unpaired) electrons. The Hall–Kier alpha value is -1.54. The summed E-state index contributed by atoms with van der Waals surface area (Å²) in [4.78, 5) is 6.89. The monoisotopic (exact) mass is 320 g/mol. The van der Waals surface area contributed by atoms with Gasteiger partial charge in [-0.3, -0.25) is 0 Å². The number of nitriles is 1.